The molecule has 2 aromatic rings. The SMILES string of the molecule is CN(C)C(=O)OCCCCCCOC(=O)c1cc(Oc2ccc(C(F)(F)F)cc2Cl)ccc1[N+](=O)[O-]. The van der Waals surface area contributed by atoms with E-state index in [4.69, 9.17) is 25.8 Å². The average Bonchev–Trinajstić information content (AvgIpc) is 2.80. The molecule has 0 aliphatic heterocycles. The number of rotatable bonds is 11. The van der Waals surface area contributed by atoms with Gasteiger partial charge in [-0.25, -0.2) is 9.59 Å². The fourth-order valence-electron chi connectivity index (χ4n) is 2.88. The van der Waals surface area contributed by atoms with Gasteiger partial charge in [0.25, 0.3) is 5.69 Å². The highest BCUT2D eigenvalue weighted by molar-refractivity contribution is 6.32. The van der Waals surface area contributed by atoms with E-state index >= 15 is 0 Å². The van der Waals surface area contributed by atoms with E-state index in [1.807, 2.05) is 0 Å². The number of hydrogen-bond acceptors (Lipinski definition) is 7. The molecule has 0 N–H and O–H groups in total. The molecule has 0 atom stereocenters. The van der Waals surface area contributed by atoms with Crippen molar-refractivity contribution < 1.29 is 41.9 Å². The minimum absolute atomic E-state index is 0.00326. The number of ether oxygens (including phenoxy) is 3. The summed E-state index contributed by atoms with van der Waals surface area (Å²) in [4.78, 5) is 35.7. The highest BCUT2D eigenvalue weighted by atomic mass is 35.5. The Morgan fingerprint density at radius 3 is 2.19 bits per heavy atom. The smallest absolute Gasteiger partial charge is 0.416 e. The van der Waals surface area contributed by atoms with E-state index in [0.29, 0.717) is 25.3 Å². The van der Waals surface area contributed by atoms with Gasteiger partial charge in [-0.15, -0.1) is 0 Å². The van der Waals surface area contributed by atoms with Gasteiger partial charge < -0.3 is 19.1 Å². The summed E-state index contributed by atoms with van der Waals surface area (Å²) in [5, 5.41) is 11.0. The monoisotopic (exact) mass is 532 g/mol. The molecule has 0 unspecified atom stereocenters. The van der Waals surface area contributed by atoms with Crippen LogP contribution in [0.4, 0.5) is 23.7 Å². The number of carbonyl (C=O) groups is 2. The van der Waals surface area contributed by atoms with Gasteiger partial charge in [-0.1, -0.05) is 11.6 Å². The number of nitrogens with zero attached hydrogens (tertiary/aromatic N) is 2. The third-order valence-corrected chi connectivity index (χ3v) is 5.03. The normalized spacial score (nSPS) is 11.1. The predicted octanol–water partition coefficient (Wildman–Crippen LogP) is 6.47. The lowest BCUT2D eigenvalue weighted by molar-refractivity contribution is -0.385. The standard InChI is InChI=1S/C23H24ClF3N2O7/c1-28(2)22(31)35-12-6-4-3-5-11-34-21(30)17-14-16(8-9-19(17)29(32)33)36-20-10-7-15(13-18(20)24)23(25,26)27/h7-10,13-14H,3-6,11-12H2,1-2H3. The highest BCUT2D eigenvalue weighted by Gasteiger charge is 2.31. The number of benzene rings is 2. The van der Waals surface area contributed by atoms with Crippen LogP contribution in [0.5, 0.6) is 11.5 Å². The van der Waals surface area contributed by atoms with Crippen molar-refractivity contribution in [1.82, 2.24) is 4.90 Å². The predicted molar refractivity (Wildman–Crippen MR) is 123 cm³/mol. The van der Waals surface area contributed by atoms with E-state index in [1.165, 1.54) is 11.0 Å². The summed E-state index contributed by atoms with van der Waals surface area (Å²) in [5.41, 5.74) is -1.87. The molecule has 0 aliphatic rings. The van der Waals surface area contributed by atoms with E-state index in [2.05, 4.69) is 0 Å². The third-order valence-electron chi connectivity index (χ3n) is 4.73. The Bertz CT molecular complexity index is 1090. The summed E-state index contributed by atoms with van der Waals surface area (Å²) in [6, 6.07) is 5.74. The molecule has 0 aromatic heterocycles. The molecular weight excluding hydrogens is 509 g/mol. The van der Waals surface area contributed by atoms with Crippen LogP contribution in [-0.4, -0.2) is 49.2 Å². The van der Waals surface area contributed by atoms with Crippen LogP contribution in [-0.2, 0) is 15.7 Å². The number of unbranched alkanes of at least 4 members (excludes halogenated alkanes) is 3. The molecule has 0 fully saturated rings. The van der Waals surface area contributed by atoms with E-state index in [-0.39, 0.29) is 35.3 Å². The summed E-state index contributed by atoms with van der Waals surface area (Å²) in [6.07, 6.45) is -2.52. The number of halogens is 4. The molecule has 2 aromatic carbocycles. The Kier molecular flexibility index (Phi) is 10.3. The van der Waals surface area contributed by atoms with Gasteiger partial charge in [0.15, 0.2) is 0 Å². The number of carbonyl (C=O) groups excluding carboxylic acids is 2. The number of hydrogen-bond donors (Lipinski definition) is 0. The molecule has 0 aliphatic carbocycles. The molecule has 36 heavy (non-hydrogen) atoms. The van der Waals surface area contributed by atoms with Crippen LogP contribution >= 0.6 is 11.6 Å². The van der Waals surface area contributed by atoms with Gasteiger partial charge in [0.1, 0.15) is 17.1 Å². The summed E-state index contributed by atoms with van der Waals surface area (Å²) in [7, 11) is 3.15. The number of nitro groups is 1. The minimum Gasteiger partial charge on any atom is -0.462 e. The number of amides is 1. The van der Waals surface area contributed by atoms with Crippen molar-refractivity contribution in [3.05, 3.63) is 62.7 Å². The molecule has 13 heteroatoms. The summed E-state index contributed by atoms with van der Waals surface area (Å²) >= 11 is 5.88. The fraction of sp³-hybridized carbons (Fsp3) is 0.391. The molecule has 0 saturated heterocycles. The largest absolute Gasteiger partial charge is 0.462 e. The van der Waals surface area contributed by atoms with Gasteiger partial charge in [0.2, 0.25) is 0 Å². The maximum absolute atomic E-state index is 12.8. The van der Waals surface area contributed by atoms with Gasteiger partial charge in [-0.2, -0.15) is 13.2 Å². The molecule has 0 bridgehead atoms. The van der Waals surface area contributed by atoms with Crippen molar-refractivity contribution in [2.75, 3.05) is 27.3 Å². The molecule has 0 heterocycles. The van der Waals surface area contributed by atoms with E-state index in [0.717, 1.165) is 30.7 Å². The average molecular weight is 533 g/mol. The lowest BCUT2D eigenvalue weighted by Gasteiger charge is -2.12. The molecule has 0 spiro atoms. The van der Waals surface area contributed by atoms with Crippen LogP contribution in [0.15, 0.2) is 36.4 Å². The first-order valence-corrected chi connectivity index (χ1v) is 11.1. The lowest BCUT2D eigenvalue weighted by Crippen LogP contribution is -2.23. The van der Waals surface area contributed by atoms with E-state index in [1.54, 1.807) is 14.1 Å². The molecule has 9 nitrogen and oxygen atoms in total. The Morgan fingerprint density at radius 1 is 1.00 bits per heavy atom. The zero-order chi connectivity index (χ0) is 26.9. The first-order valence-electron chi connectivity index (χ1n) is 10.7. The molecule has 0 radical (unpaired) electrons. The van der Waals surface area contributed by atoms with Crippen molar-refractivity contribution in [3.8, 4) is 11.5 Å². The van der Waals surface area contributed by atoms with E-state index in [9.17, 15) is 32.9 Å². The van der Waals surface area contributed by atoms with Crippen LogP contribution in [0.25, 0.3) is 0 Å². The molecule has 1 amide bonds. The van der Waals surface area contributed by atoms with Crippen molar-refractivity contribution in [3.63, 3.8) is 0 Å². The van der Waals surface area contributed by atoms with Crippen molar-refractivity contribution in [2.24, 2.45) is 0 Å². The molecule has 196 valence electrons. The zero-order valence-corrected chi connectivity index (χ0v) is 20.2. The van der Waals surface area contributed by atoms with Gasteiger partial charge in [-0.05, 0) is 49.9 Å². The second kappa shape index (κ2) is 13.0. The van der Waals surface area contributed by atoms with Crippen molar-refractivity contribution in [1.29, 1.82) is 0 Å². The highest BCUT2D eigenvalue weighted by Crippen LogP contribution is 2.37. The Balaban J connectivity index is 1.95. The Labute approximate surface area is 209 Å². The fourth-order valence-corrected chi connectivity index (χ4v) is 3.10. The van der Waals surface area contributed by atoms with Gasteiger partial charge in [-0.3, -0.25) is 10.1 Å². The van der Waals surface area contributed by atoms with Gasteiger partial charge >= 0.3 is 18.2 Å². The van der Waals surface area contributed by atoms with Crippen molar-refractivity contribution in [2.45, 2.75) is 31.9 Å². The zero-order valence-electron chi connectivity index (χ0n) is 19.5. The second-order valence-corrected chi connectivity index (χ2v) is 8.15. The second-order valence-electron chi connectivity index (χ2n) is 7.74. The van der Waals surface area contributed by atoms with Gasteiger partial charge in [0.05, 0.1) is 28.7 Å². The van der Waals surface area contributed by atoms with Crippen LogP contribution in [0.1, 0.15) is 41.6 Å². The van der Waals surface area contributed by atoms with E-state index < -0.39 is 34.4 Å². The van der Waals surface area contributed by atoms with Crippen molar-refractivity contribution >= 4 is 29.4 Å². The molecule has 0 saturated carbocycles. The lowest BCUT2D eigenvalue weighted by atomic mass is 10.1. The number of nitro benzene ring substituents is 1. The molecular formula is C23H24ClF3N2O7. The Hall–Kier alpha value is -3.54. The summed E-state index contributed by atoms with van der Waals surface area (Å²) in [5.74, 6) is -1.14. The topological polar surface area (TPSA) is 108 Å². The molecule has 2 rings (SSSR count). The maximum Gasteiger partial charge on any atom is 0.416 e. The van der Waals surface area contributed by atoms with Gasteiger partial charge in [0, 0.05) is 26.2 Å². The van der Waals surface area contributed by atoms with Crippen LogP contribution in [0.2, 0.25) is 5.02 Å². The Morgan fingerprint density at radius 2 is 1.64 bits per heavy atom. The van der Waals surface area contributed by atoms with Crippen LogP contribution in [0.3, 0.4) is 0 Å². The van der Waals surface area contributed by atoms with Crippen LogP contribution < -0.4 is 4.74 Å². The summed E-state index contributed by atoms with van der Waals surface area (Å²) in [6.45, 7) is 0.266. The number of esters is 1. The minimum atomic E-state index is -4.59. The number of alkyl halides is 3. The first-order chi connectivity index (χ1) is 16.9. The first kappa shape index (κ1) is 28.7. The summed E-state index contributed by atoms with van der Waals surface area (Å²) < 4.78 is 54.0. The third kappa shape index (κ3) is 8.59. The van der Waals surface area contributed by atoms with Crippen LogP contribution in [0, 0.1) is 10.1 Å². The maximum atomic E-state index is 12.8. The quantitative estimate of drug-likeness (QED) is 0.141.